The van der Waals surface area contributed by atoms with Crippen molar-refractivity contribution >= 4 is 5.78 Å². The summed E-state index contributed by atoms with van der Waals surface area (Å²) in [6.45, 7) is 10.3. The highest BCUT2D eigenvalue weighted by Crippen LogP contribution is 2.15. The Morgan fingerprint density at radius 2 is 1.67 bits per heavy atom. The first-order valence-corrected chi connectivity index (χ1v) is 7.07. The average molecular weight is 250 g/mol. The Balaban J connectivity index is 0. The van der Waals surface area contributed by atoms with Crippen molar-refractivity contribution in [3.05, 3.63) is 34.9 Å². The lowest BCUT2D eigenvalue weighted by atomic mass is 9.98. The number of Topliss-reactive ketones (excluding diaryl/α,β-unsaturated/α-hetero) is 1. The van der Waals surface area contributed by atoms with Crippen molar-refractivity contribution in [2.45, 2.75) is 66.7 Å². The molecular weight excluding hydrogens is 220 g/mol. The summed E-state index contributed by atoms with van der Waals surface area (Å²) in [5.41, 5.74) is 4.45. The van der Waals surface area contributed by atoms with E-state index in [1.807, 2.05) is 6.92 Å². The maximum absolute atomic E-state index is 10.0. The molecule has 0 bridgehead atoms. The molecule has 1 aromatic rings. The van der Waals surface area contributed by atoms with Crippen molar-refractivity contribution in [3.63, 3.8) is 0 Å². The zero-order chi connectivity index (χ0) is 14.0. The Hall–Kier alpha value is -1.11. The highest BCUT2D eigenvalue weighted by Gasteiger charge is 1.99. The fourth-order valence-electron chi connectivity index (χ4n) is 1.95. The third-order valence-corrected chi connectivity index (χ3v) is 3.03. The molecule has 0 heterocycles. The molecule has 0 atom stereocenters. The van der Waals surface area contributed by atoms with E-state index in [0.29, 0.717) is 0 Å². The van der Waals surface area contributed by atoms with Crippen molar-refractivity contribution in [2.75, 3.05) is 0 Å². The van der Waals surface area contributed by atoms with Crippen LogP contribution in [0.15, 0.2) is 18.2 Å². The average Bonchev–Trinajstić information content (AvgIpc) is 2.29. The van der Waals surface area contributed by atoms with Crippen LogP contribution < -0.4 is 0 Å². The van der Waals surface area contributed by atoms with Crippen LogP contribution in [0.5, 0.6) is 0 Å². The maximum atomic E-state index is 10.0. The molecule has 104 valence electrons. The van der Waals surface area contributed by atoms with Crippen LogP contribution in [0.25, 0.3) is 0 Å². The zero-order valence-electron chi connectivity index (χ0n) is 12.7. The minimum Gasteiger partial charge on any atom is -0.300 e. The third-order valence-electron chi connectivity index (χ3n) is 3.03. The molecule has 1 heteroatoms. The molecule has 0 N–H and O–H groups in total. The minimum atomic E-state index is 0. The number of aryl methyl sites for hydroxylation is 2. The largest absolute Gasteiger partial charge is 0.300 e. The van der Waals surface area contributed by atoms with Crippen LogP contribution in [0.1, 0.15) is 64.6 Å². The van der Waals surface area contributed by atoms with Gasteiger partial charge in [0.15, 0.2) is 0 Å². The molecule has 18 heavy (non-hydrogen) atoms. The molecule has 0 radical (unpaired) electrons. The van der Waals surface area contributed by atoms with Crippen molar-refractivity contribution in [1.82, 2.24) is 0 Å². The van der Waals surface area contributed by atoms with Crippen molar-refractivity contribution in [1.29, 1.82) is 0 Å². The molecule has 1 rings (SSSR count). The standard InChI is InChI=1S/C12H18.C5H10O.H2/c1-4-5-9-12-10(2)7-6-8-11(12)3;1-3-4-5(2)6;/h6-8H,4-5,9H2,1-3H3;3-4H2,1-2H3;1H. The van der Waals surface area contributed by atoms with E-state index < -0.39 is 0 Å². The Bertz CT molecular complexity index is 338. The van der Waals surface area contributed by atoms with E-state index >= 15 is 0 Å². The van der Waals surface area contributed by atoms with Gasteiger partial charge < -0.3 is 4.79 Å². The lowest BCUT2D eigenvalue weighted by Gasteiger charge is -2.07. The molecule has 0 unspecified atom stereocenters. The van der Waals surface area contributed by atoms with Gasteiger partial charge in [-0.25, -0.2) is 0 Å². The molecule has 0 fully saturated rings. The van der Waals surface area contributed by atoms with Gasteiger partial charge in [0, 0.05) is 7.85 Å². The Labute approximate surface area is 114 Å². The van der Waals surface area contributed by atoms with E-state index in [-0.39, 0.29) is 7.21 Å². The van der Waals surface area contributed by atoms with Crippen molar-refractivity contribution < 1.29 is 6.22 Å². The first kappa shape index (κ1) is 16.9. The number of unbranched alkanes of at least 4 members (excludes halogenated alkanes) is 1. The van der Waals surface area contributed by atoms with Gasteiger partial charge in [-0.2, -0.15) is 0 Å². The van der Waals surface area contributed by atoms with E-state index in [0.717, 1.165) is 12.8 Å². The highest BCUT2D eigenvalue weighted by molar-refractivity contribution is 5.75. The molecule has 0 amide bonds. The molecule has 0 aliphatic heterocycles. The molecule has 0 saturated carbocycles. The van der Waals surface area contributed by atoms with Crippen LogP contribution in [0.4, 0.5) is 0 Å². The fourth-order valence-corrected chi connectivity index (χ4v) is 1.95. The van der Waals surface area contributed by atoms with Gasteiger partial charge in [0.25, 0.3) is 0 Å². The Kier molecular flexibility index (Phi) is 9.26. The van der Waals surface area contributed by atoms with E-state index in [9.17, 15) is 4.79 Å². The normalized spacial score (nSPS) is 9.61. The van der Waals surface area contributed by atoms with E-state index in [1.54, 1.807) is 12.5 Å². The smallest absolute Gasteiger partial charge is 0.129 e. The summed E-state index contributed by atoms with van der Waals surface area (Å²) >= 11 is 0. The van der Waals surface area contributed by atoms with Crippen LogP contribution in [-0.2, 0) is 11.2 Å². The summed E-state index contributed by atoms with van der Waals surface area (Å²) in [6.07, 6.45) is 5.56. The van der Waals surface area contributed by atoms with Gasteiger partial charge in [-0.05, 0) is 56.7 Å². The summed E-state index contributed by atoms with van der Waals surface area (Å²) in [5, 5.41) is 0. The minimum absolute atomic E-state index is 0. The summed E-state index contributed by atoms with van der Waals surface area (Å²) in [6, 6.07) is 6.55. The van der Waals surface area contributed by atoms with Crippen LogP contribution >= 0.6 is 0 Å². The topological polar surface area (TPSA) is 17.1 Å². The first-order chi connectivity index (χ1) is 8.52. The number of rotatable bonds is 5. The van der Waals surface area contributed by atoms with E-state index in [2.05, 4.69) is 39.0 Å². The number of hydrogen-bond acceptors (Lipinski definition) is 1. The number of ketones is 1. The lowest BCUT2D eigenvalue weighted by molar-refractivity contribution is -0.117. The van der Waals surface area contributed by atoms with Crippen LogP contribution in [-0.4, -0.2) is 5.78 Å². The lowest BCUT2D eigenvalue weighted by Crippen LogP contribution is -1.92. The maximum Gasteiger partial charge on any atom is 0.129 e. The van der Waals surface area contributed by atoms with Crippen LogP contribution in [0.2, 0.25) is 0 Å². The second-order valence-electron chi connectivity index (χ2n) is 4.93. The highest BCUT2D eigenvalue weighted by atomic mass is 16.1. The molecule has 0 aliphatic carbocycles. The summed E-state index contributed by atoms with van der Waals surface area (Å²) in [5.74, 6) is 0.289. The van der Waals surface area contributed by atoms with E-state index in [1.165, 1.54) is 30.4 Å². The van der Waals surface area contributed by atoms with Gasteiger partial charge in [-0.1, -0.05) is 38.5 Å². The SMILES string of the molecule is CCCC(C)=O.CCCCc1c(C)cccc1C.[HH]. The zero-order valence-corrected chi connectivity index (χ0v) is 12.7. The summed E-state index contributed by atoms with van der Waals surface area (Å²) in [7, 11) is 0. The van der Waals surface area contributed by atoms with Crippen molar-refractivity contribution in [3.8, 4) is 0 Å². The second-order valence-corrected chi connectivity index (χ2v) is 4.93. The quantitative estimate of drug-likeness (QED) is 0.696. The molecule has 0 aromatic heterocycles. The molecule has 1 aromatic carbocycles. The first-order valence-electron chi connectivity index (χ1n) is 7.07. The molecule has 0 spiro atoms. The van der Waals surface area contributed by atoms with Crippen LogP contribution in [0, 0.1) is 13.8 Å². The Morgan fingerprint density at radius 1 is 1.11 bits per heavy atom. The van der Waals surface area contributed by atoms with Crippen molar-refractivity contribution in [2.24, 2.45) is 0 Å². The third kappa shape index (κ3) is 7.26. The molecule has 0 saturated heterocycles. The Morgan fingerprint density at radius 3 is 2.00 bits per heavy atom. The number of benzene rings is 1. The predicted octanol–water partition coefficient (Wildman–Crippen LogP) is 5.27. The van der Waals surface area contributed by atoms with Gasteiger partial charge in [-0.3, -0.25) is 0 Å². The molecular formula is C17H30O. The van der Waals surface area contributed by atoms with Crippen LogP contribution in [0.3, 0.4) is 0 Å². The number of carbonyl (C=O) groups is 1. The van der Waals surface area contributed by atoms with E-state index in [4.69, 9.17) is 0 Å². The monoisotopic (exact) mass is 250 g/mol. The molecule has 1 nitrogen and oxygen atoms in total. The second kappa shape index (κ2) is 9.87. The fraction of sp³-hybridized carbons (Fsp3) is 0.588. The van der Waals surface area contributed by atoms with Gasteiger partial charge in [-0.15, -0.1) is 0 Å². The summed E-state index contributed by atoms with van der Waals surface area (Å²) in [4.78, 5) is 10.0. The predicted molar refractivity (Wildman–Crippen MR) is 82.2 cm³/mol. The molecule has 0 aliphatic rings. The van der Waals surface area contributed by atoms with Gasteiger partial charge in [0.1, 0.15) is 5.78 Å². The van der Waals surface area contributed by atoms with Gasteiger partial charge in [0.05, 0.1) is 0 Å². The summed E-state index contributed by atoms with van der Waals surface area (Å²) < 4.78 is 0. The van der Waals surface area contributed by atoms with Gasteiger partial charge in [0.2, 0.25) is 0 Å². The van der Waals surface area contributed by atoms with Gasteiger partial charge >= 0.3 is 0 Å². The number of carbonyl (C=O) groups excluding carboxylic acids is 1. The number of hydrogen-bond donors (Lipinski definition) is 0.